The quantitative estimate of drug-likeness (QED) is 0.782. The fourth-order valence-electron chi connectivity index (χ4n) is 1.90. The van der Waals surface area contributed by atoms with Crippen LogP contribution in [0.3, 0.4) is 0 Å². The van der Waals surface area contributed by atoms with Crippen molar-refractivity contribution in [1.82, 2.24) is 0 Å². The summed E-state index contributed by atoms with van der Waals surface area (Å²) >= 11 is 0. The molecular weight excluding hydrogens is 251 g/mol. The Morgan fingerprint density at radius 1 is 1.11 bits per heavy atom. The van der Waals surface area contributed by atoms with Gasteiger partial charge in [0.15, 0.2) is 0 Å². The molecule has 104 valence electrons. The summed E-state index contributed by atoms with van der Waals surface area (Å²) in [5.74, 6) is 0.283. The second-order valence-electron chi connectivity index (χ2n) is 4.10. The van der Waals surface area contributed by atoms with Crippen LogP contribution in [0, 0.1) is 6.92 Å². The Labute approximate surface area is 109 Å². The van der Waals surface area contributed by atoms with Gasteiger partial charge in [-0.05, 0) is 0 Å². The molecule has 18 heavy (non-hydrogen) atoms. The van der Waals surface area contributed by atoms with Crippen molar-refractivity contribution in [3.8, 4) is 5.75 Å². The number of hydrogen-bond acceptors (Lipinski definition) is 4. The molecule has 0 bridgehead atoms. The summed E-state index contributed by atoms with van der Waals surface area (Å²) in [7, 11) is -3.34. The van der Waals surface area contributed by atoms with Gasteiger partial charge < -0.3 is 0 Å². The molecule has 0 aliphatic heterocycles. The summed E-state index contributed by atoms with van der Waals surface area (Å²) in [6.07, 6.45) is 0.698. The number of benzene rings is 1. The maximum absolute atomic E-state index is 10.5. The van der Waals surface area contributed by atoms with Crippen LogP contribution in [0.4, 0.5) is 0 Å². The van der Waals surface area contributed by atoms with Crippen molar-refractivity contribution < 1.29 is 19.0 Å². The number of phenolic OH excluding ortho intramolecular Hbond substituents is 1. The minimum absolute atomic E-state index is 0.283. The SMILES string of the molecule is CCO[PH](O)(OCC)c1cc(C)c(O)c(CC)c1. The van der Waals surface area contributed by atoms with E-state index >= 15 is 0 Å². The van der Waals surface area contributed by atoms with Gasteiger partial charge in [0.1, 0.15) is 0 Å². The maximum atomic E-state index is 10.5. The number of aryl methyl sites for hydroxylation is 2. The van der Waals surface area contributed by atoms with Crippen LogP contribution in [0.15, 0.2) is 12.1 Å². The molecule has 2 N–H and O–H groups in total. The topological polar surface area (TPSA) is 58.9 Å². The summed E-state index contributed by atoms with van der Waals surface area (Å²) in [5, 5.41) is 10.6. The third-order valence-electron chi connectivity index (χ3n) is 2.81. The van der Waals surface area contributed by atoms with Crippen molar-refractivity contribution in [3.63, 3.8) is 0 Å². The zero-order valence-corrected chi connectivity index (χ0v) is 12.5. The van der Waals surface area contributed by atoms with Crippen LogP contribution in [-0.4, -0.2) is 23.2 Å². The summed E-state index contributed by atoms with van der Waals surface area (Å²) in [6.45, 7) is 8.20. The molecule has 1 rings (SSSR count). The van der Waals surface area contributed by atoms with Crippen molar-refractivity contribution in [2.45, 2.75) is 34.1 Å². The summed E-state index contributed by atoms with van der Waals surface area (Å²) in [5.41, 5.74) is 1.53. The van der Waals surface area contributed by atoms with Crippen LogP contribution in [0.1, 0.15) is 31.9 Å². The van der Waals surface area contributed by atoms with E-state index in [1.54, 1.807) is 12.1 Å². The average Bonchev–Trinajstić information content (AvgIpc) is 2.33. The Hall–Kier alpha value is -0.670. The normalized spacial score (nSPS) is 12.7. The van der Waals surface area contributed by atoms with Crippen LogP contribution >= 0.6 is 7.94 Å². The van der Waals surface area contributed by atoms with E-state index in [0.29, 0.717) is 24.9 Å². The Balaban J connectivity index is 3.24. The van der Waals surface area contributed by atoms with Gasteiger partial charge in [-0.15, -0.1) is 0 Å². The molecule has 0 spiro atoms. The molecule has 1 aromatic rings. The van der Waals surface area contributed by atoms with Gasteiger partial charge >= 0.3 is 109 Å². The first-order valence-electron chi connectivity index (χ1n) is 6.31. The zero-order chi connectivity index (χ0) is 13.8. The molecule has 0 amide bonds. The Morgan fingerprint density at radius 3 is 2.11 bits per heavy atom. The second kappa shape index (κ2) is 6.48. The van der Waals surface area contributed by atoms with Crippen LogP contribution in [0.5, 0.6) is 5.75 Å². The van der Waals surface area contributed by atoms with Crippen LogP contribution < -0.4 is 5.30 Å². The van der Waals surface area contributed by atoms with Crippen molar-refractivity contribution in [3.05, 3.63) is 23.3 Å². The number of phenols is 1. The zero-order valence-electron chi connectivity index (χ0n) is 11.5. The molecule has 0 fully saturated rings. The number of aromatic hydroxyl groups is 1. The van der Waals surface area contributed by atoms with Crippen molar-refractivity contribution >= 4 is 13.2 Å². The fraction of sp³-hybridized carbons (Fsp3) is 0.538. The standard InChI is InChI=1S/C13H23O4P/c1-5-11-9-12(8-10(4)13(11)14)18(15,16-6-2)17-7-3/h8-9,14-15,18H,5-7H2,1-4H3. The van der Waals surface area contributed by atoms with Crippen molar-refractivity contribution in [2.24, 2.45) is 0 Å². The van der Waals surface area contributed by atoms with Crippen LogP contribution in [0.2, 0.25) is 0 Å². The van der Waals surface area contributed by atoms with E-state index in [1.807, 2.05) is 27.7 Å². The van der Waals surface area contributed by atoms with Gasteiger partial charge in [-0.25, -0.2) is 0 Å². The van der Waals surface area contributed by atoms with Gasteiger partial charge in [0.05, 0.1) is 0 Å². The molecular formula is C13H23O4P. The van der Waals surface area contributed by atoms with E-state index in [-0.39, 0.29) is 5.75 Å². The van der Waals surface area contributed by atoms with Gasteiger partial charge in [-0.2, -0.15) is 0 Å². The monoisotopic (exact) mass is 274 g/mol. The van der Waals surface area contributed by atoms with Crippen LogP contribution in [-0.2, 0) is 15.5 Å². The Kier molecular flexibility index (Phi) is 5.54. The Bertz CT molecular complexity index is 400. The van der Waals surface area contributed by atoms with Crippen molar-refractivity contribution in [2.75, 3.05) is 13.2 Å². The molecule has 0 saturated carbocycles. The predicted molar refractivity (Wildman–Crippen MR) is 75.6 cm³/mol. The van der Waals surface area contributed by atoms with E-state index in [0.717, 1.165) is 11.1 Å². The average molecular weight is 274 g/mol. The van der Waals surface area contributed by atoms with E-state index in [2.05, 4.69) is 0 Å². The second-order valence-corrected chi connectivity index (χ2v) is 6.42. The molecule has 0 aromatic heterocycles. The Morgan fingerprint density at radius 2 is 1.67 bits per heavy atom. The minimum atomic E-state index is -3.34. The molecule has 0 heterocycles. The molecule has 0 unspecified atom stereocenters. The molecule has 0 aliphatic rings. The van der Waals surface area contributed by atoms with Crippen molar-refractivity contribution in [1.29, 1.82) is 0 Å². The summed E-state index contributed by atoms with van der Waals surface area (Å²) in [4.78, 5) is 10.5. The first kappa shape index (κ1) is 15.4. The van der Waals surface area contributed by atoms with E-state index in [9.17, 15) is 10.00 Å². The van der Waals surface area contributed by atoms with Gasteiger partial charge in [0.25, 0.3) is 0 Å². The first-order chi connectivity index (χ1) is 8.48. The van der Waals surface area contributed by atoms with E-state index < -0.39 is 7.94 Å². The van der Waals surface area contributed by atoms with Crippen LogP contribution in [0.25, 0.3) is 0 Å². The molecule has 0 radical (unpaired) electrons. The molecule has 0 aliphatic carbocycles. The third kappa shape index (κ3) is 3.21. The van der Waals surface area contributed by atoms with Gasteiger partial charge in [0, 0.05) is 0 Å². The van der Waals surface area contributed by atoms with Gasteiger partial charge in [0.2, 0.25) is 0 Å². The summed E-state index contributed by atoms with van der Waals surface area (Å²) in [6, 6.07) is 3.52. The van der Waals surface area contributed by atoms with Gasteiger partial charge in [-0.1, -0.05) is 0 Å². The van der Waals surface area contributed by atoms with E-state index in [1.165, 1.54) is 0 Å². The molecule has 4 nitrogen and oxygen atoms in total. The molecule has 5 heteroatoms. The first-order valence-corrected chi connectivity index (χ1v) is 8.08. The number of rotatable bonds is 6. The molecule has 1 aromatic carbocycles. The third-order valence-corrected chi connectivity index (χ3v) is 5.18. The predicted octanol–water partition coefficient (Wildman–Crippen LogP) is 2.45. The summed E-state index contributed by atoms with van der Waals surface area (Å²) < 4.78 is 10.9. The molecule has 0 atom stereocenters. The number of hydrogen-bond donors (Lipinski definition) is 2. The van der Waals surface area contributed by atoms with E-state index in [4.69, 9.17) is 9.05 Å². The molecule has 0 saturated heterocycles. The fourth-order valence-corrected chi connectivity index (χ4v) is 3.86. The van der Waals surface area contributed by atoms with Gasteiger partial charge in [-0.3, -0.25) is 0 Å².